The molecule has 0 radical (unpaired) electrons. The second-order valence-corrected chi connectivity index (χ2v) is 4.07. The Morgan fingerprint density at radius 1 is 1.33 bits per heavy atom. The summed E-state index contributed by atoms with van der Waals surface area (Å²) in [5.74, 6) is 0.351. The predicted molar refractivity (Wildman–Crippen MR) is 55.6 cm³/mol. The summed E-state index contributed by atoms with van der Waals surface area (Å²) in [4.78, 5) is 0. The van der Waals surface area contributed by atoms with Gasteiger partial charge in [-0.3, -0.25) is 0 Å². The van der Waals surface area contributed by atoms with Crippen LogP contribution in [0.4, 0.5) is 8.78 Å². The van der Waals surface area contributed by atoms with E-state index < -0.39 is 6.61 Å². The van der Waals surface area contributed by atoms with Gasteiger partial charge in [0, 0.05) is 0 Å². The van der Waals surface area contributed by atoms with Crippen LogP contribution in [0.2, 0.25) is 0 Å². The minimum absolute atomic E-state index is 0.0425. The first kappa shape index (κ1) is 12.6. The number of hydrogen-bond donors (Lipinski definition) is 1. The first-order valence-electron chi connectivity index (χ1n) is 4.93. The normalized spacial score (nSPS) is 26.6. The molecule has 0 atom stereocenters. The standard InChI is InChI=1S/C9H15F2NO2S/c10-8(11)14-7-3-1-6(2-4-7)5-13-9(12)15/h6-8H,1-5H2,(H2,12,15)/t6-,7-. The third-order valence-corrected chi connectivity index (χ3v) is 2.67. The minimum atomic E-state index is -2.67. The van der Waals surface area contributed by atoms with Gasteiger partial charge in [0.2, 0.25) is 0 Å². The topological polar surface area (TPSA) is 44.5 Å². The van der Waals surface area contributed by atoms with E-state index in [4.69, 9.17) is 10.5 Å². The molecule has 0 aliphatic heterocycles. The molecule has 0 saturated heterocycles. The molecule has 6 heteroatoms. The van der Waals surface area contributed by atoms with Gasteiger partial charge in [-0.2, -0.15) is 8.78 Å². The molecule has 3 nitrogen and oxygen atoms in total. The van der Waals surface area contributed by atoms with Crippen LogP contribution in [0.15, 0.2) is 0 Å². The molecule has 0 aromatic rings. The van der Waals surface area contributed by atoms with Gasteiger partial charge in [-0.25, -0.2) is 0 Å². The second kappa shape index (κ2) is 6.17. The van der Waals surface area contributed by atoms with E-state index >= 15 is 0 Å². The van der Waals surface area contributed by atoms with Crippen LogP contribution >= 0.6 is 12.2 Å². The van der Waals surface area contributed by atoms with Crippen LogP contribution < -0.4 is 5.73 Å². The fraction of sp³-hybridized carbons (Fsp3) is 0.889. The van der Waals surface area contributed by atoms with Crippen molar-refractivity contribution in [1.29, 1.82) is 0 Å². The lowest BCUT2D eigenvalue weighted by Crippen LogP contribution is -2.27. The number of halogens is 2. The van der Waals surface area contributed by atoms with Crippen molar-refractivity contribution < 1.29 is 18.3 Å². The van der Waals surface area contributed by atoms with Crippen molar-refractivity contribution in [3.63, 3.8) is 0 Å². The highest BCUT2D eigenvalue weighted by Crippen LogP contribution is 2.27. The molecule has 1 fully saturated rings. The third kappa shape index (κ3) is 5.22. The van der Waals surface area contributed by atoms with Crippen molar-refractivity contribution >= 4 is 17.4 Å². The molecule has 0 amide bonds. The van der Waals surface area contributed by atoms with Crippen molar-refractivity contribution in [3.8, 4) is 0 Å². The lowest BCUT2D eigenvalue weighted by atomic mass is 9.88. The van der Waals surface area contributed by atoms with E-state index in [1.165, 1.54) is 0 Å². The van der Waals surface area contributed by atoms with Crippen LogP contribution in [0.25, 0.3) is 0 Å². The maximum absolute atomic E-state index is 11.9. The van der Waals surface area contributed by atoms with Gasteiger partial charge in [0.1, 0.15) is 0 Å². The number of nitrogens with two attached hydrogens (primary N) is 1. The quantitative estimate of drug-likeness (QED) is 0.762. The van der Waals surface area contributed by atoms with E-state index in [2.05, 4.69) is 17.0 Å². The molecule has 0 spiro atoms. The van der Waals surface area contributed by atoms with Crippen molar-refractivity contribution in [3.05, 3.63) is 0 Å². The Bertz CT molecular complexity index is 208. The predicted octanol–water partition coefficient (Wildman–Crippen LogP) is 2.04. The molecule has 0 aromatic carbocycles. The lowest BCUT2D eigenvalue weighted by molar-refractivity contribution is -0.171. The average Bonchev–Trinajstić information content (AvgIpc) is 2.16. The fourth-order valence-electron chi connectivity index (χ4n) is 1.78. The zero-order valence-corrected chi connectivity index (χ0v) is 9.14. The summed E-state index contributed by atoms with van der Waals surface area (Å²) in [6.45, 7) is -2.18. The van der Waals surface area contributed by atoms with E-state index in [9.17, 15) is 8.78 Å². The number of hydrogen-bond acceptors (Lipinski definition) is 3. The van der Waals surface area contributed by atoms with Gasteiger partial charge >= 0.3 is 6.61 Å². The second-order valence-electron chi connectivity index (χ2n) is 3.67. The van der Waals surface area contributed by atoms with Crippen molar-refractivity contribution in [2.24, 2.45) is 11.7 Å². The summed E-state index contributed by atoms with van der Waals surface area (Å²) in [6, 6.07) is 0. The van der Waals surface area contributed by atoms with Crippen LogP contribution in [0.1, 0.15) is 25.7 Å². The van der Waals surface area contributed by atoms with Gasteiger partial charge in [0.05, 0.1) is 12.7 Å². The monoisotopic (exact) mass is 239 g/mol. The molecule has 1 aliphatic rings. The summed E-state index contributed by atoms with van der Waals surface area (Å²) in [6.07, 6.45) is 2.62. The van der Waals surface area contributed by atoms with Gasteiger partial charge in [-0.15, -0.1) is 0 Å². The Morgan fingerprint density at radius 2 is 1.93 bits per heavy atom. The summed E-state index contributed by atoms with van der Waals surface area (Å²) in [7, 11) is 0. The Balaban J connectivity index is 2.15. The van der Waals surface area contributed by atoms with Gasteiger partial charge in [0.15, 0.2) is 0 Å². The van der Waals surface area contributed by atoms with Crippen LogP contribution in [-0.2, 0) is 9.47 Å². The van der Waals surface area contributed by atoms with E-state index in [0.717, 1.165) is 12.8 Å². The van der Waals surface area contributed by atoms with Crippen molar-refractivity contribution in [2.75, 3.05) is 6.61 Å². The van der Waals surface area contributed by atoms with E-state index in [1.807, 2.05) is 0 Å². The minimum Gasteiger partial charge on any atom is -0.471 e. The largest absolute Gasteiger partial charge is 0.471 e. The number of thiocarbonyl (C=S) groups is 1. The highest BCUT2D eigenvalue weighted by atomic mass is 32.1. The van der Waals surface area contributed by atoms with Crippen LogP contribution in [0.5, 0.6) is 0 Å². The summed E-state index contributed by atoms with van der Waals surface area (Å²) in [5, 5.41) is 0.0425. The summed E-state index contributed by atoms with van der Waals surface area (Å²) in [5.41, 5.74) is 5.19. The molecular formula is C9H15F2NO2S. The maximum atomic E-state index is 11.9. The third-order valence-electron chi connectivity index (χ3n) is 2.55. The zero-order chi connectivity index (χ0) is 11.3. The molecule has 1 rings (SSSR count). The molecular weight excluding hydrogens is 224 g/mol. The Morgan fingerprint density at radius 3 is 2.40 bits per heavy atom. The van der Waals surface area contributed by atoms with Gasteiger partial charge in [0.25, 0.3) is 5.17 Å². The first-order valence-corrected chi connectivity index (χ1v) is 5.34. The van der Waals surface area contributed by atoms with Crippen LogP contribution in [0.3, 0.4) is 0 Å². The Kier molecular flexibility index (Phi) is 5.17. The van der Waals surface area contributed by atoms with Crippen LogP contribution in [0, 0.1) is 5.92 Å². The maximum Gasteiger partial charge on any atom is 0.345 e. The average molecular weight is 239 g/mol. The number of alkyl halides is 2. The number of rotatable bonds is 4. The van der Waals surface area contributed by atoms with Crippen LogP contribution in [-0.4, -0.2) is 24.5 Å². The molecule has 0 heterocycles. The number of ether oxygens (including phenoxy) is 2. The lowest BCUT2D eigenvalue weighted by Gasteiger charge is -2.27. The van der Waals surface area contributed by atoms with Gasteiger partial charge in [-0.1, -0.05) is 0 Å². The molecule has 0 bridgehead atoms. The molecule has 1 aliphatic carbocycles. The Hall–Kier alpha value is -0.490. The highest BCUT2D eigenvalue weighted by Gasteiger charge is 2.24. The Labute approximate surface area is 92.9 Å². The molecule has 0 aromatic heterocycles. The molecule has 0 unspecified atom stereocenters. The SMILES string of the molecule is NC(=S)OC[C@H]1CC[C@H](OC(F)F)CC1. The van der Waals surface area contributed by atoms with Gasteiger partial charge < -0.3 is 15.2 Å². The van der Waals surface area contributed by atoms with E-state index in [1.54, 1.807) is 0 Å². The molecule has 1 saturated carbocycles. The molecule has 15 heavy (non-hydrogen) atoms. The van der Waals surface area contributed by atoms with E-state index in [-0.39, 0.29) is 11.3 Å². The highest BCUT2D eigenvalue weighted by molar-refractivity contribution is 7.80. The van der Waals surface area contributed by atoms with Crippen molar-refractivity contribution in [2.45, 2.75) is 38.4 Å². The smallest absolute Gasteiger partial charge is 0.345 e. The molecule has 2 N–H and O–H groups in total. The first-order chi connectivity index (χ1) is 7.08. The van der Waals surface area contributed by atoms with Crippen molar-refractivity contribution in [1.82, 2.24) is 0 Å². The molecule has 88 valence electrons. The fourth-order valence-corrected chi connectivity index (χ4v) is 1.85. The zero-order valence-electron chi connectivity index (χ0n) is 8.33. The van der Waals surface area contributed by atoms with Gasteiger partial charge in [-0.05, 0) is 43.8 Å². The summed E-state index contributed by atoms with van der Waals surface area (Å²) >= 11 is 4.58. The summed E-state index contributed by atoms with van der Waals surface area (Å²) < 4.78 is 33.2. The van der Waals surface area contributed by atoms with E-state index in [0.29, 0.717) is 25.4 Å².